The zero-order chi connectivity index (χ0) is 12.2. The van der Waals surface area contributed by atoms with Crippen molar-refractivity contribution in [3.8, 4) is 0 Å². The number of nitrogens with one attached hydrogen (secondary N) is 1. The van der Waals surface area contributed by atoms with Crippen molar-refractivity contribution < 1.29 is 0 Å². The average molecular weight is 240 g/mol. The molecule has 0 saturated carbocycles. The van der Waals surface area contributed by atoms with Crippen LogP contribution >= 0.6 is 0 Å². The summed E-state index contributed by atoms with van der Waals surface area (Å²) in [6.07, 6.45) is 8.11. The van der Waals surface area contributed by atoms with E-state index < -0.39 is 0 Å². The van der Waals surface area contributed by atoms with Crippen molar-refractivity contribution in [1.82, 2.24) is 15.0 Å². The lowest BCUT2D eigenvalue weighted by Crippen LogP contribution is -2.12. The van der Waals surface area contributed by atoms with Crippen molar-refractivity contribution in [2.75, 3.05) is 5.32 Å². The summed E-state index contributed by atoms with van der Waals surface area (Å²) in [5.74, 6) is 0.977. The van der Waals surface area contributed by atoms with E-state index >= 15 is 0 Å². The van der Waals surface area contributed by atoms with E-state index in [0.717, 1.165) is 24.4 Å². The number of aromatic nitrogens is 3. The van der Waals surface area contributed by atoms with E-state index in [1.54, 1.807) is 6.33 Å². The van der Waals surface area contributed by atoms with Gasteiger partial charge in [0.1, 0.15) is 12.1 Å². The van der Waals surface area contributed by atoms with Crippen LogP contribution in [0.15, 0.2) is 30.7 Å². The molecule has 0 fully saturated rings. The Labute approximate surface area is 107 Å². The molecule has 0 aromatic carbocycles. The zero-order valence-electron chi connectivity index (χ0n) is 10.3. The van der Waals surface area contributed by atoms with Gasteiger partial charge in [-0.25, -0.2) is 9.97 Å². The molecule has 1 aliphatic rings. The van der Waals surface area contributed by atoms with Crippen LogP contribution < -0.4 is 5.32 Å². The lowest BCUT2D eigenvalue weighted by molar-refractivity contribution is 0.663. The Hall–Kier alpha value is -1.97. The monoisotopic (exact) mass is 240 g/mol. The molecular weight excluding hydrogens is 224 g/mol. The molecule has 0 saturated heterocycles. The molecule has 1 N–H and O–H groups in total. The first-order valence-corrected chi connectivity index (χ1v) is 6.40. The van der Waals surface area contributed by atoms with Gasteiger partial charge in [-0.05, 0) is 37.8 Å². The Balaban J connectivity index is 1.77. The quantitative estimate of drug-likeness (QED) is 0.894. The van der Waals surface area contributed by atoms with Crippen molar-refractivity contribution >= 4 is 5.82 Å². The van der Waals surface area contributed by atoms with Gasteiger partial charge in [-0.15, -0.1) is 0 Å². The highest BCUT2D eigenvalue weighted by Gasteiger charge is 2.14. The third-order valence-electron chi connectivity index (χ3n) is 3.29. The normalized spacial score (nSPS) is 14.0. The number of pyridine rings is 1. The second-order valence-electron chi connectivity index (χ2n) is 4.53. The molecular formula is C14H16N4. The summed E-state index contributed by atoms with van der Waals surface area (Å²) < 4.78 is 0. The minimum absolute atomic E-state index is 0.713. The second-order valence-corrected chi connectivity index (χ2v) is 4.53. The Morgan fingerprint density at radius 2 is 2.00 bits per heavy atom. The number of nitrogens with zero attached hydrogens (tertiary/aromatic N) is 3. The molecule has 2 aromatic rings. The Kier molecular flexibility index (Phi) is 3.17. The van der Waals surface area contributed by atoms with Crippen LogP contribution in [-0.4, -0.2) is 15.0 Å². The first-order chi connectivity index (χ1) is 8.93. The number of hydrogen-bond donors (Lipinski definition) is 1. The van der Waals surface area contributed by atoms with Gasteiger partial charge in [0.05, 0.1) is 12.2 Å². The third-order valence-corrected chi connectivity index (χ3v) is 3.29. The minimum atomic E-state index is 0.713. The summed E-state index contributed by atoms with van der Waals surface area (Å²) in [5.41, 5.74) is 3.53. The number of hydrogen-bond acceptors (Lipinski definition) is 4. The van der Waals surface area contributed by atoms with Gasteiger partial charge in [-0.1, -0.05) is 6.07 Å². The molecule has 3 rings (SSSR count). The average Bonchev–Trinajstić information content (AvgIpc) is 2.46. The SMILES string of the molecule is c1ccc(CNc2ncnc3c2CCCC3)nc1. The van der Waals surface area contributed by atoms with E-state index in [4.69, 9.17) is 0 Å². The Morgan fingerprint density at radius 3 is 2.89 bits per heavy atom. The van der Waals surface area contributed by atoms with Gasteiger partial charge in [0.25, 0.3) is 0 Å². The molecule has 2 heterocycles. The van der Waals surface area contributed by atoms with Gasteiger partial charge in [0.2, 0.25) is 0 Å². The van der Waals surface area contributed by atoms with Crippen LogP contribution in [0.1, 0.15) is 29.8 Å². The number of aryl methyl sites for hydroxylation is 1. The third kappa shape index (κ3) is 2.32. The Bertz CT molecular complexity index is 525. The number of fused-ring (bicyclic) bond motifs is 1. The summed E-state index contributed by atoms with van der Waals surface area (Å²) in [6, 6.07) is 5.94. The number of rotatable bonds is 3. The topological polar surface area (TPSA) is 50.7 Å². The predicted molar refractivity (Wildman–Crippen MR) is 70.2 cm³/mol. The first-order valence-electron chi connectivity index (χ1n) is 6.40. The van der Waals surface area contributed by atoms with Crippen molar-refractivity contribution in [3.05, 3.63) is 47.7 Å². The summed E-state index contributed by atoms with van der Waals surface area (Å²) in [5, 5.41) is 3.38. The summed E-state index contributed by atoms with van der Waals surface area (Å²) in [4.78, 5) is 13.0. The molecule has 0 aliphatic heterocycles. The zero-order valence-corrected chi connectivity index (χ0v) is 10.3. The first kappa shape index (κ1) is 11.1. The molecule has 4 heteroatoms. The van der Waals surface area contributed by atoms with Gasteiger partial charge in [-0.3, -0.25) is 4.98 Å². The van der Waals surface area contributed by atoms with E-state index in [1.165, 1.54) is 24.1 Å². The highest BCUT2D eigenvalue weighted by Crippen LogP contribution is 2.24. The molecule has 0 amide bonds. The van der Waals surface area contributed by atoms with E-state index in [2.05, 4.69) is 20.3 Å². The fourth-order valence-electron chi connectivity index (χ4n) is 2.35. The van der Waals surface area contributed by atoms with Crippen LogP contribution in [0.3, 0.4) is 0 Å². The maximum Gasteiger partial charge on any atom is 0.133 e. The predicted octanol–water partition coefficient (Wildman–Crippen LogP) is 2.36. The van der Waals surface area contributed by atoms with E-state index in [-0.39, 0.29) is 0 Å². The molecule has 0 unspecified atom stereocenters. The van der Waals surface area contributed by atoms with Crippen molar-refractivity contribution in [3.63, 3.8) is 0 Å². The summed E-state index contributed by atoms with van der Waals surface area (Å²) >= 11 is 0. The molecule has 0 radical (unpaired) electrons. The highest BCUT2D eigenvalue weighted by molar-refractivity contribution is 5.47. The second kappa shape index (κ2) is 5.12. The van der Waals surface area contributed by atoms with Crippen molar-refractivity contribution in [2.24, 2.45) is 0 Å². The van der Waals surface area contributed by atoms with Crippen LogP contribution in [-0.2, 0) is 19.4 Å². The van der Waals surface area contributed by atoms with E-state index in [1.807, 2.05) is 24.4 Å². The molecule has 2 aromatic heterocycles. The number of anilines is 1. The van der Waals surface area contributed by atoms with Gasteiger partial charge in [0.15, 0.2) is 0 Å². The van der Waals surface area contributed by atoms with Gasteiger partial charge in [0, 0.05) is 17.5 Å². The fourth-order valence-corrected chi connectivity index (χ4v) is 2.35. The largest absolute Gasteiger partial charge is 0.364 e. The van der Waals surface area contributed by atoms with Gasteiger partial charge < -0.3 is 5.32 Å². The lowest BCUT2D eigenvalue weighted by atomic mass is 9.96. The standard InChI is InChI=1S/C14H16N4/c1-2-7-13-12(6-1)14(18-10-17-13)16-9-11-5-3-4-8-15-11/h3-5,8,10H,1-2,6-7,9H2,(H,16,17,18). The van der Waals surface area contributed by atoms with Gasteiger partial charge in [-0.2, -0.15) is 0 Å². The Morgan fingerprint density at radius 1 is 1.06 bits per heavy atom. The maximum absolute atomic E-state index is 4.37. The molecule has 1 aliphatic carbocycles. The van der Waals surface area contributed by atoms with Crippen LogP contribution in [0.5, 0.6) is 0 Å². The highest BCUT2D eigenvalue weighted by atomic mass is 15.0. The minimum Gasteiger partial charge on any atom is -0.364 e. The summed E-state index contributed by atoms with van der Waals surface area (Å²) in [7, 11) is 0. The van der Waals surface area contributed by atoms with E-state index in [0.29, 0.717) is 6.54 Å². The van der Waals surface area contributed by atoms with Crippen LogP contribution in [0.2, 0.25) is 0 Å². The van der Waals surface area contributed by atoms with Crippen LogP contribution in [0.4, 0.5) is 5.82 Å². The molecule has 0 atom stereocenters. The molecule has 4 nitrogen and oxygen atoms in total. The van der Waals surface area contributed by atoms with Crippen molar-refractivity contribution in [2.45, 2.75) is 32.2 Å². The molecule has 18 heavy (non-hydrogen) atoms. The van der Waals surface area contributed by atoms with Crippen LogP contribution in [0, 0.1) is 0 Å². The van der Waals surface area contributed by atoms with E-state index in [9.17, 15) is 0 Å². The fraction of sp³-hybridized carbons (Fsp3) is 0.357. The maximum atomic E-state index is 4.37. The molecule has 0 bridgehead atoms. The van der Waals surface area contributed by atoms with Crippen LogP contribution in [0.25, 0.3) is 0 Å². The lowest BCUT2D eigenvalue weighted by Gasteiger charge is -2.17. The van der Waals surface area contributed by atoms with Gasteiger partial charge >= 0.3 is 0 Å². The summed E-state index contributed by atoms with van der Waals surface area (Å²) in [6.45, 7) is 0.713. The molecule has 0 spiro atoms. The smallest absolute Gasteiger partial charge is 0.133 e. The molecule has 92 valence electrons. The van der Waals surface area contributed by atoms with Crippen molar-refractivity contribution in [1.29, 1.82) is 0 Å².